The summed E-state index contributed by atoms with van der Waals surface area (Å²) >= 11 is 23.7. The number of hydrogen-bond donors (Lipinski definition) is 1. The van der Waals surface area contributed by atoms with E-state index in [1.165, 1.54) is 18.1 Å². The fraction of sp³-hybridized carbons (Fsp3) is 0.188. The van der Waals surface area contributed by atoms with E-state index in [2.05, 4.69) is 10.3 Å². The van der Waals surface area contributed by atoms with Gasteiger partial charge in [-0.1, -0.05) is 46.4 Å². The van der Waals surface area contributed by atoms with Crippen LogP contribution in [-0.2, 0) is 0 Å². The highest BCUT2D eigenvalue weighted by molar-refractivity contribution is 6.52. The van der Waals surface area contributed by atoms with Crippen molar-refractivity contribution in [3.05, 3.63) is 49.7 Å². The summed E-state index contributed by atoms with van der Waals surface area (Å²) in [6, 6.07) is 4.62. The monoisotopic (exact) mass is 435 g/mol. The number of carbonyl (C=O) groups is 2. The number of carbonyl (C=O) groups excluding carboxylic acids is 2. The predicted molar refractivity (Wildman–Crippen MR) is 103 cm³/mol. The molecule has 0 fully saturated rings. The standard InChI is InChI=1S/C16H13Cl4N3O3/c1-23(2)16(25)7-4-5-9(26-3)8(6-7)21-15(24)13-11(18)10(17)12(19)14(20)22-13/h4-6H,1-3H3,(H,21,24). The van der Waals surface area contributed by atoms with Crippen molar-refractivity contribution in [3.8, 4) is 5.75 Å². The van der Waals surface area contributed by atoms with E-state index in [0.717, 1.165) is 0 Å². The van der Waals surface area contributed by atoms with E-state index in [9.17, 15) is 9.59 Å². The number of nitrogens with zero attached hydrogens (tertiary/aromatic N) is 2. The summed E-state index contributed by atoms with van der Waals surface area (Å²) in [5.74, 6) is -0.587. The van der Waals surface area contributed by atoms with Crippen LogP contribution >= 0.6 is 46.4 Å². The van der Waals surface area contributed by atoms with Crippen molar-refractivity contribution in [2.45, 2.75) is 0 Å². The first kappa shape index (κ1) is 20.6. The Labute approximate surface area is 169 Å². The number of aromatic nitrogens is 1. The quantitative estimate of drug-likeness (QED) is 0.707. The minimum absolute atomic E-state index is 0.0500. The zero-order valence-corrected chi connectivity index (χ0v) is 16.9. The molecule has 138 valence electrons. The lowest BCUT2D eigenvalue weighted by Crippen LogP contribution is -2.22. The van der Waals surface area contributed by atoms with E-state index in [-0.39, 0.29) is 37.5 Å². The molecule has 0 aliphatic carbocycles. The van der Waals surface area contributed by atoms with Crippen molar-refractivity contribution < 1.29 is 14.3 Å². The fourth-order valence-corrected chi connectivity index (χ4v) is 2.83. The first-order valence-corrected chi connectivity index (χ1v) is 8.59. The number of hydrogen-bond acceptors (Lipinski definition) is 4. The second kappa shape index (κ2) is 8.31. The Bertz CT molecular complexity index is 888. The molecule has 2 aromatic rings. The number of nitrogens with one attached hydrogen (secondary N) is 1. The highest BCUT2D eigenvalue weighted by Crippen LogP contribution is 2.36. The average molecular weight is 437 g/mol. The second-order valence-electron chi connectivity index (χ2n) is 5.26. The summed E-state index contributed by atoms with van der Waals surface area (Å²) in [5.41, 5.74) is 0.403. The van der Waals surface area contributed by atoms with Crippen LogP contribution in [0.5, 0.6) is 5.75 Å². The molecule has 0 atom stereocenters. The number of rotatable bonds is 4. The molecular weight excluding hydrogens is 424 g/mol. The van der Waals surface area contributed by atoms with Crippen LogP contribution in [-0.4, -0.2) is 42.9 Å². The van der Waals surface area contributed by atoms with E-state index in [0.29, 0.717) is 11.3 Å². The highest BCUT2D eigenvalue weighted by atomic mass is 35.5. The second-order valence-corrected chi connectivity index (χ2v) is 6.75. The van der Waals surface area contributed by atoms with Gasteiger partial charge in [-0.25, -0.2) is 4.98 Å². The molecule has 10 heteroatoms. The molecule has 2 rings (SSSR count). The van der Waals surface area contributed by atoms with Crippen molar-refractivity contribution in [2.75, 3.05) is 26.5 Å². The van der Waals surface area contributed by atoms with Crippen molar-refractivity contribution in [1.82, 2.24) is 9.88 Å². The molecule has 0 spiro atoms. The Morgan fingerprint density at radius 2 is 1.73 bits per heavy atom. The summed E-state index contributed by atoms with van der Waals surface area (Å²) in [6.07, 6.45) is 0. The maximum absolute atomic E-state index is 12.6. The third kappa shape index (κ3) is 4.15. The minimum Gasteiger partial charge on any atom is -0.495 e. The molecule has 0 unspecified atom stereocenters. The van der Waals surface area contributed by atoms with Crippen LogP contribution in [0.3, 0.4) is 0 Å². The lowest BCUT2D eigenvalue weighted by molar-refractivity contribution is 0.0827. The summed E-state index contributed by atoms with van der Waals surface area (Å²) in [4.78, 5) is 30.0. The molecule has 6 nitrogen and oxygen atoms in total. The lowest BCUT2D eigenvalue weighted by atomic mass is 10.1. The van der Waals surface area contributed by atoms with Crippen LogP contribution in [0.1, 0.15) is 20.8 Å². The van der Waals surface area contributed by atoms with Crippen LogP contribution in [0.4, 0.5) is 5.69 Å². The first-order valence-electron chi connectivity index (χ1n) is 7.08. The lowest BCUT2D eigenvalue weighted by Gasteiger charge is -2.15. The zero-order valence-electron chi connectivity index (χ0n) is 13.9. The summed E-state index contributed by atoms with van der Waals surface area (Å²) < 4.78 is 5.21. The number of amides is 2. The van der Waals surface area contributed by atoms with Gasteiger partial charge in [0.2, 0.25) is 0 Å². The molecule has 0 bridgehead atoms. The molecule has 1 aromatic heterocycles. The molecule has 1 N–H and O–H groups in total. The van der Waals surface area contributed by atoms with Gasteiger partial charge in [-0.15, -0.1) is 0 Å². The van der Waals surface area contributed by atoms with Crippen molar-refractivity contribution >= 4 is 63.9 Å². The first-order chi connectivity index (χ1) is 12.2. The summed E-state index contributed by atoms with van der Waals surface area (Å²) in [6.45, 7) is 0. The Morgan fingerprint density at radius 1 is 1.08 bits per heavy atom. The van der Waals surface area contributed by atoms with Crippen molar-refractivity contribution in [2.24, 2.45) is 0 Å². The SMILES string of the molecule is COc1ccc(C(=O)N(C)C)cc1NC(=O)c1nc(Cl)c(Cl)c(Cl)c1Cl. The topological polar surface area (TPSA) is 71.5 Å². The molecule has 0 aliphatic heterocycles. The Kier molecular flexibility index (Phi) is 6.58. The highest BCUT2D eigenvalue weighted by Gasteiger charge is 2.22. The molecule has 0 saturated carbocycles. The van der Waals surface area contributed by atoms with Gasteiger partial charge in [0.1, 0.15) is 16.6 Å². The van der Waals surface area contributed by atoms with E-state index in [1.807, 2.05) is 0 Å². The Morgan fingerprint density at radius 3 is 2.31 bits per heavy atom. The molecule has 0 radical (unpaired) electrons. The average Bonchev–Trinajstić information content (AvgIpc) is 2.61. The number of anilines is 1. The van der Waals surface area contributed by atoms with Gasteiger partial charge in [-0.05, 0) is 18.2 Å². The maximum atomic E-state index is 12.6. The van der Waals surface area contributed by atoms with Gasteiger partial charge < -0.3 is 15.0 Å². The molecular formula is C16H13Cl4N3O3. The van der Waals surface area contributed by atoms with Crippen molar-refractivity contribution in [3.63, 3.8) is 0 Å². The fourth-order valence-electron chi connectivity index (χ4n) is 2.02. The molecule has 0 saturated heterocycles. The van der Waals surface area contributed by atoms with Crippen LogP contribution in [0.2, 0.25) is 20.2 Å². The number of pyridine rings is 1. The van der Waals surface area contributed by atoms with E-state index in [1.54, 1.807) is 26.2 Å². The molecule has 26 heavy (non-hydrogen) atoms. The number of methoxy groups -OCH3 is 1. The number of benzene rings is 1. The van der Waals surface area contributed by atoms with Gasteiger partial charge in [-0.3, -0.25) is 9.59 Å². The Balaban J connectivity index is 2.43. The normalized spacial score (nSPS) is 10.4. The minimum atomic E-state index is -0.691. The van der Waals surface area contributed by atoms with E-state index >= 15 is 0 Å². The molecule has 0 aliphatic rings. The van der Waals surface area contributed by atoms with Gasteiger partial charge >= 0.3 is 0 Å². The third-order valence-electron chi connectivity index (χ3n) is 3.30. The van der Waals surface area contributed by atoms with Gasteiger partial charge in [-0.2, -0.15) is 0 Å². The van der Waals surface area contributed by atoms with Gasteiger partial charge in [0.15, 0.2) is 0 Å². The van der Waals surface area contributed by atoms with Crippen molar-refractivity contribution in [1.29, 1.82) is 0 Å². The van der Waals surface area contributed by atoms with Crippen LogP contribution in [0.15, 0.2) is 18.2 Å². The number of ether oxygens (including phenoxy) is 1. The van der Waals surface area contributed by atoms with E-state index in [4.69, 9.17) is 51.1 Å². The maximum Gasteiger partial charge on any atom is 0.276 e. The number of halogens is 4. The van der Waals surface area contributed by atoms with Crippen LogP contribution < -0.4 is 10.1 Å². The largest absolute Gasteiger partial charge is 0.495 e. The zero-order chi connectivity index (χ0) is 19.6. The van der Waals surface area contributed by atoms with Crippen LogP contribution in [0.25, 0.3) is 0 Å². The molecule has 1 heterocycles. The van der Waals surface area contributed by atoms with Gasteiger partial charge in [0, 0.05) is 19.7 Å². The Hall–Kier alpha value is -1.73. The summed E-state index contributed by atoms with van der Waals surface area (Å²) in [5, 5.41) is 2.15. The smallest absolute Gasteiger partial charge is 0.276 e. The van der Waals surface area contributed by atoms with Gasteiger partial charge in [0.25, 0.3) is 11.8 Å². The van der Waals surface area contributed by atoms with Crippen LogP contribution in [0, 0.1) is 0 Å². The molecule has 1 aromatic carbocycles. The van der Waals surface area contributed by atoms with Gasteiger partial charge in [0.05, 0.1) is 27.9 Å². The predicted octanol–water partition coefficient (Wildman–Crippen LogP) is 4.66. The summed E-state index contributed by atoms with van der Waals surface area (Å²) in [7, 11) is 4.66. The molecule has 2 amide bonds. The third-order valence-corrected chi connectivity index (χ3v) is 4.98. The van der Waals surface area contributed by atoms with E-state index < -0.39 is 5.91 Å².